The van der Waals surface area contributed by atoms with Crippen LogP contribution in [0.4, 0.5) is 4.79 Å². The number of ketones is 3. The van der Waals surface area contributed by atoms with Gasteiger partial charge in [-0.25, -0.2) is 4.79 Å². The molecular weight excluding hydrogens is 666 g/mol. The molecule has 50 heavy (non-hydrogen) atoms. The van der Waals surface area contributed by atoms with Crippen LogP contribution in [0.1, 0.15) is 111 Å². The molecule has 276 valence electrons. The van der Waals surface area contributed by atoms with Crippen LogP contribution in [0.3, 0.4) is 0 Å². The molecule has 0 aromatic heterocycles. The van der Waals surface area contributed by atoms with Crippen LogP contribution in [-0.2, 0) is 28.8 Å². The van der Waals surface area contributed by atoms with Gasteiger partial charge in [0.15, 0.2) is 17.2 Å². The van der Waals surface area contributed by atoms with Crippen LogP contribution < -0.4 is 14.8 Å². The number of likely N-dealkylation sites (tertiary alicyclic amines) is 1. The van der Waals surface area contributed by atoms with E-state index >= 15 is 0 Å². The van der Waals surface area contributed by atoms with Crippen molar-refractivity contribution in [1.82, 2.24) is 10.2 Å². The van der Waals surface area contributed by atoms with Crippen molar-refractivity contribution in [3.8, 4) is 11.5 Å². The van der Waals surface area contributed by atoms with E-state index in [0.717, 1.165) is 25.7 Å². The van der Waals surface area contributed by atoms with E-state index in [0.29, 0.717) is 47.2 Å². The molecule has 1 aliphatic carbocycles. The third-order valence-electron chi connectivity index (χ3n) is 9.76. The normalized spacial score (nSPS) is 21.7. The molecule has 1 aromatic carbocycles. The lowest BCUT2D eigenvalue weighted by Gasteiger charge is -2.35. The van der Waals surface area contributed by atoms with Crippen molar-refractivity contribution >= 4 is 46.7 Å². The number of ether oxygens (including phenoxy) is 3. The van der Waals surface area contributed by atoms with Crippen LogP contribution in [0.15, 0.2) is 17.3 Å². The first kappa shape index (κ1) is 39.1. The Morgan fingerprint density at radius 1 is 1.10 bits per heavy atom. The number of Topliss-reactive ketones (excluding diaryl/α,β-unsaturated/α-hetero) is 3. The van der Waals surface area contributed by atoms with E-state index in [1.807, 2.05) is 34.6 Å². The molecule has 1 aromatic rings. The third kappa shape index (κ3) is 8.97. The minimum atomic E-state index is -1.09. The molecule has 2 amide bonds. The fourth-order valence-electron chi connectivity index (χ4n) is 7.10. The number of carbonyl (C=O) groups is 5. The summed E-state index contributed by atoms with van der Waals surface area (Å²) in [6.07, 6.45) is 3.74. The zero-order chi connectivity index (χ0) is 36.8. The monoisotopic (exact) mass is 717 g/mol. The van der Waals surface area contributed by atoms with E-state index in [-0.39, 0.29) is 44.1 Å². The van der Waals surface area contributed by atoms with E-state index < -0.39 is 52.6 Å². The lowest BCUT2D eigenvalue weighted by atomic mass is 9.84. The maximum atomic E-state index is 14.6. The molecule has 2 heterocycles. The molecule has 1 N–H and O–H groups in total. The van der Waals surface area contributed by atoms with Crippen molar-refractivity contribution in [2.24, 2.45) is 16.5 Å². The van der Waals surface area contributed by atoms with Crippen LogP contribution in [-0.4, -0.2) is 84.0 Å². The molecule has 1 saturated heterocycles. The molecule has 0 unspecified atom stereocenters. The minimum Gasteiger partial charge on any atom is -0.496 e. The van der Waals surface area contributed by atoms with E-state index in [4.69, 9.17) is 30.6 Å². The Morgan fingerprint density at radius 3 is 2.40 bits per heavy atom. The Kier molecular flexibility index (Phi) is 13.0. The highest BCUT2D eigenvalue weighted by molar-refractivity contribution is 6.38. The standard InChI is InChI=1S/C37H52ClN3O9/c1-8-13-22(32(44)28(42)9-2)16-29(43)27-20-37(19-26(40-50-37)24-17-25(38)31(48-10-3)18-30(24)47-7)21-41(27)34(45)33(36(4,5)6)39-35(46)49-23-14-11-12-15-23/h17-18,22-23,27,33H,8-16,19-21H2,1-7H3,(H,39,46)/t22-,27+,33-,37-/m1/s1. The third-order valence-corrected chi connectivity index (χ3v) is 10.1. The molecule has 2 fully saturated rings. The second-order valence-corrected chi connectivity index (χ2v) is 15.1. The smallest absolute Gasteiger partial charge is 0.408 e. The number of benzene rings is 1. The minimum absolute atomic E-state index is 0.00543. The van der Waals surface area contributed by atoms with Crippen LogP contribution in [0, 0.1) is 11.3 Å². The van der Waals surface area contributed by atoms with Crippen molar-refractivity contribution < 1.29 is 43.0 Å². The topological polar surface area (TPSA) is 150 Å². The van der Waals surface area contributed by atoms with Gasteiger partial charge in [-0.2, -0.15) is 0 Å². The van der Waals surface area contributed by atoms with E-state index in [9.17, 15) is 24.0 Å². The maximum Gasteiger partial charge on any atom is 0.408 e. The van der Waals surface area contributed by atoms with Gasteiger partial charge in [0, 0.05) is 43.2 Å². The fourth-order valence-corrected chi connectivity index (χ4v) is 7.32. The number of nitrogens with zero attached hydrogens (tertiary/aromatic N) is 2. The van der Waals surface area contributed by atoms with Gasteiger partial charge in [-0.05, 0) is 50.5 Å². The van der Waals surface area contributed by atoms with Gasteiger partial charge in [-0.3, -0.25) is 19.2 Å². The Morgan fingerprint density at radius 2 is 1.80 bits per heavy atom. The average Bonchev–Trinajstić information content (AvgIpc) is 3.83. The highest BCUT2D eigenvalue weighted by Crippen LogP contribution is 2.43. The van der Waals surface area contributed by atoms with Crippen molar-refractivity contribution in [1.29, 1.82) is 0 Å². The van der Waals surface area contributed by atoms with Gasteiger partial charge in [0.25, 0.3) is 0 Å². The lowest BCUT2D eigenvalue weighted by Crippen LogP contribution is -2.57. The van der Waals surface area contributed by atoms with Gasteiger partial charge in [-0.15, -0.1) is 0 Å². The SMILES string of the molecule is CCC[C@H](CC(=O)[C@@H]1C[C@]2(CC(c3cc(Cl)c(OCC)cc3OC)=NO2)CN1C(=O)[C@@H](NC(=O)OC1CCCC1)C(C)(C)C)C(=O)C(=O)CC. The summed E-state index contributed by atoms with van der Waals surface area (Å²) in [5.74, 6) is -1.79. The Hall–Kier alpha value is -3.67. The number of oxime groups is 1. The molecule has 4 rings (SSSR count). The average molecular weight is 718 g/mol. The predicted octanol–water partition coefficient (Wildman–Crippen LogP) is 6.22. The Balaban J connectivity index is 1.65. The second kappa shape index (κ2) is 16.6. The number of hydrogen-bond donors (Lipinski definition) is 1. The van der Waals surface area contributed by atoms with Crippen molar-refractivity contribution in [3.63, 3.8) is 0 Å². The highest BCUT2D eigenvalue weighted by Gasteiger charge is 2.55. The van der Waals surface area contributed by atoms with Gasteiger partial charge in [0.05, 0.1) is 37.0 Å². The molecule has 0 radical (unpaired) electrons. The first-order chi connectivity index (χ1) is 23.7. The quantitative estimate of drug-likeness (QED) is 0.209. The van der Waals surface area contributed by atoms with Crippen molar-refractivity contribution in [2.45, 2.75) is 130 Å². The summed E-state index contributed by atoms with van der Waals surface area (Å²) in [4.78, 5) is 74.8. The zero-order valence-electron chi connectivity index (χ0n) is 30.4. The summed E-state index contributed by atoms with van der Waals surface area (Å²) >= 11 is 6.53. The van der Waals surface area contributed by atoms with Gasteiger partial charge in [-0.1, -0.05) is 57.8 Å². The summed E-state index contributed by atoms with van der Waals surface area (Å²) in [5, 5.41) is 7.56. The first-order valence-electron chi connectivity index (χ1n) is 17.8. The number of halogens is 1. The van der Waals surface area contributed by atoms with Crippen molar-refractivity contribution in [3.05, 3.63) is 22.7 Å². The Bertz CT molecular complexity index is 1480. The van der Waals surface area contributed by atoms with Gasteiger partial charge >= 0.3 is 6.09 Å². The summed E-state index contributed by atoms with van der Waals surface area (Å²) in [7, 11) is 1.52. The summed E-state index contributed by atoms with van der Waals surface area (Å²) in [6.45, 7) is 11.2. The van der Waals surface area contributed by atoms with E-state index in [1.165, 1.54) is 12.0 Å². The molecular formula is C37H52ClN3O9. The van der Waals surface area contributed by atoms with Gasteiger partial charge in [0.1, 0.15) is 23.6 Å². The molecule has 2 aliphatic heterocycles. The molecule has 13 heteroatoms. The number of methoxy groups -OCH3 is 1. The van der Waals surface area contributed by atoms with Gasteiger partial charge in [0.2, 0.25) is 11.7 Å². The van der Waals surface area contributed by atoms with Crippen LogP contribution >= 0.6 is 11.6 Å². The van der Waals surface area contributed by atoms with Crippen LogP contribution in [0.2, 0.25) is 5.02 Å². The summed E-state index contributed by atoms with van der Waals surface area (Å²) < 4.78 is 16.9. The number of alkyl carbamates (subject to hydrolysis) is 1. The van der Waals surface area contributed by atoms with Crippen LogP contribution in [0.5, 0.6) is 11.5 Å². The van der Waals surface area contributed by atoms with Crippen LogP contribution in [0.25, 0.3) is 0 Å². The number of rotatable bonds is 15. The molecule has 12 nitrogen and oxygen atoms in total. The maximum absolute atomic E-state index is 14.6. The van der Waals surface area contributed by atoms with Crippen molar-refractivity contribution in [2.75, 3.05) is 20.3 Å². The molecule has 4 atom stereocenters. The molecule has 0 bridgehead atoms. The molecule has 1 saturated carbocycles. The summed E-state index contributed by atoms with van der Waals surface area (Å²) in [6, 6.07) is 1.33. The number of carbonyl (C=O) groups excluding carboxylic acids is 5. The Labute approximate surface area is 299 Å². The number of hydrogen-bond acceptors (Lipinski definition) is 10. The number of amides is 2. The fraction of sp³-hybridized carbons (Fsp3) is 0.676. The largest absolute Gasteiger partial charge is 0.496 e. The van der Waals surface area contributed by atoms with E-state index in [1.54, 1.807) is 19.1 Å². The molecule has 1 spiro atoms. The van der Waals surface area contributed by atoms with E-state index in [2.05, 4.69) is 10.5 Å². The zero-order valence-corrected chi connectivity index (χ0v) is 31.2. The lowest BCUT2D eigenvalue weighted by molar-refractivity contribution is -0.143. The highest BCUT2D eigenvalue weighted by atomic mass is 35.5. The first-order valence-corrected chi connectivity index (χ1v) is 18.2. The predicted molar refractivity (Wildman–Crippen MR) is 188 cm³/mol. The second-order valence-electron chi connectivity index (χ2n) is 14.6. The van der Waals surface area contributed by atoms with Gasteiger partial charge < -0.3 is 29.3 Å². The summed E-state index contributed by atoms with van der Waals surface area (Å²) in [5.41, 5.74) is -0.738. The number of nitrogens with one attached hydrogen (secondary N) is 1. The molecule has 3 aliphatic rings.